The smallest absolute Gasteiger partial charge is 0.328 e. The first-order valence-electron chi connectivity index (χ1n) is 7.60. The molecule has 0 aromatic rings. The zero-order valence-electron chi connectivity index (χ0n) is 12.2. The van der Waals surface area contributed by atoms with Gasteiger partial charge < -0.3 is 9.74 Å². The highest BCUT2D eigenvalue weighted by molar-refractivity contribution is 6.01. The average Bonchev–Trinajstić information content (AvgIpc) is 2.77. The first-order chi connectivity index (χ1) is 10.6. The number of rotatable bonds is 3. The van der Waals surface area contributed by atoms with Crippen molar-refractivity contribution < 1.29 is 24.0 Å². The number of nitrogens with zero attached hydrogens (tertiary/aromatic N) is 2. The number of carbonyl (C=O) groups excluding carboxylic acids is 4. The van der Waals surface area contributed by atoms with Crippen LogP contribution in [0.4, 0.5) is 0 Å². The fraction of sp³-hybridized carbons (Fsp3) is 0.600. The van der Waals surface area contributed by atoms with E-state index in [9.17, 15) is 19.2 Å². The minimum atomic E-state index is -0.743. The van der Waals surface area contributed by atoms with Crippen LogP contribution < -0.4 is 0 Å². The maximum Gasteiger partial charge on any atom is 0.352 e. The minimum absolute atomic E-state index is 0.0206. The lowest BCUT2D eigenvalue weighted by Gasteiger charge is -2.47. The van der Waals surface area contributed by atoms with Crippen molar-refractivity contribution in [3.63, 3.8) is 0 Å². The van der Waals surface area contributed by atoms with E-state index in [1.54, 1.807) is 0 Å². The first-order valence-corrected chi connectivity index (χ1v) is 7.60. The molecule has 0 aromatic heterocycles. The first kappa shape index (κ1) is 14.7. The molecular formula is C15H18N2O5. The van der Waals surface area contributed by atoms with E-state index in [0.717, 1.165) is 25.7 Å². The molecule has 0 bridgehead atoms. The van der Waals surface area contributed by atoms with Crippen LogP contribution in [0.3, 0.4) is 0 Å². The van der Waals surface area contributed by atoms with Crippen molar-refractivity contribution in [1.29, 1.82) is 0 Å². The van der Waals surface area contributed by atoms with Gasteiger partial charge in [0.25, 0.3) is 11.8 Å². The van der Waals surface area contributed by atoms with Crippen LogP contribution in [0.25, 0.3) is 0 Å². The lowest BCUT2D eigenvalue weighted by molar-refractivity contribution is -0.200. The van der Waals surface area contributed by atoms with Gasteiger partial charge in [0, 0.05) is 18.9 Å². The van der Waals surface area contributed by atoms with E-state index >= 15 is 0 Å². The molecule has 2 heterocycles. The fourth-order valence-corrected chi connectivity index (χ4v) is 3.25. The number of imide groups is 1. The molecule has 2 saturated heterocycles. The second kappa shape index (κ2) is 5.90. The van der Waals surface area contributed by atoms with Crippen molar-refractivity contribution in [2.75, 3.05) is 6.54 Å². The molecule has 3 rings (SSSR count). The van der Waals surface area contributed by atoms with Gasteiger partial charge in [0.15, 0.2) is 0 Å². The summed E-state index contributed by atoms with van der Waals surface area (Å²) in [6, 6.07) is 0.0509. The van der Waals surface area contributed by atoms with Gasteiger partial charge in [0.05, 0.1) is 5.92 Å². The molecule has 0 radical (unpaired) electrons. The number of allylic oxidation sites excluding steroid dienone is 2. The number of fused-ring (bicyclic) bond motifs is 1. The number of hydroxylamine groups is 2. The minimum Gasteiger partial charge on any atom is -0.328 e. The Morgan fingerprint density at radius 3 is 2.41 bits per heavy atom. The lowest BCUT2D eigenvalue weighted by atomic mass is 9.80. The summed E-state index contributed by atoms with van der Waals surface area (Å²) in [5.41, 5.74) is 0. The van der Waals surface area contributed by atoms with Gasteiger partial charge in [-0.2, -0.15) is 0 Å². The molecule has 7 heteroatoms. The Morgan fingerprint density at radius 2 is 1.73 bits per heavy atom. The number of amides is 3. The molecule has 0 aromatic carbocycles. The number of β-lactam (4-membered cyclic amide) rings is 1. The quantitative estimate of drug-likeness (QED) is 0.432. The Hall–Kier alpha value is -2.18. The standard InChI is InChI=1S/C15H18N2O5/c18-12-7-8-13(19)17(12)22-14(20)9-16-11-6-4-2-1-3-5-10(11)15(16)21/h1-2,10-11H,3-9H2. The highest BCUT2D eigenvalue weighted by atomic mass is 16.7. The van der Waals surface area contributed by atoms with Crippen LogP contribution >= 0.6 is 0 Å². The molecule has 22 heavy (non-hydrogen) atoms. The lowest BCUT2D eigenvalue weighted by Crippen LogP contribution is -2.62. The molecule has 0 N–H and O–H groups in total. The zero-order valence-corrected chi connectivity index (χ0v) is 12.2. The van der Waals surface area contributed by atoms with Crippen LogP contribution in [-0.4, -0.2) is 46.2 Å². The molecule has 3 aliphatic rings. The summed E-state index contributed by atoms with van der Waals surface area (Å²) in [4.78, 5) is 53.1. The van der Waals surface area contributed by atoms with Crippen molar-refractivity contribution in [3.05, 3.63) is 12.2 Å². The molecule has 118 valence electrons. The van der Waals surface area contributed by atoms with Crippen molar-refractivity contribution in [2.45, 2.75) is 44.6 Å². The molecule has 2 atom stereocenters. The van der Waals surface area contributed by atoms with Crippen LogP contribution in [0.5, 0.6) is 0 Å². The van der Waals surface area contributed by atoms with E-state index in [2.05, 4.69) is 12.2 Å². The normalized spacial score (nSPS) is 28.1. The van der Waals surface area contributed by atoms with Gasteiger partial charge in [0.1, 0.15) is 6.54 Å². The van der Waals surface area contributed by atoms with Gasteiger partial charge in [-0.1, -0.05) is 12.2 Å². The van der Waals surface area contributed by atoms with Crippen LogP contribution in [0.2, 0.25) is 0 Å². The van der Waals surface area contributed by atoms with Crippen molar-refractivity contribution in [1.82, 2.24) is 9.96 Å². The van der Waals surface area contributed by atoms with Gasteiger partial charge in [-0.25, -0.2) is 4.79 Å². The number of hydrogen-bond acceptors (Lipinski definition) is 5. The second-order valence-electron chi connectivity index (χ2n) is 5.81. The van der Waals surface area contributed by atoms with Crippen LogP contribution in [-0.2, 0) is 24.0 Å². The third-order valence-corrected chi connectivity index (χ3v) is 4.40. The zero-order chi connectivity index (χ0) is 15.7. The van der Waals surface area contributed by atoms with Gasteiger partial charge >= 0.3 is 5.97 Å². The Balaban J connectivity index is 1.57. The van der Waals surface area contributed by atoms with E-state index in [0.29, 0.717) is 5.06 Å². The fourth-order valence-electron chi connectivity index (χ4n) is 3.25. The molecule has 2 aliphatic heterocycles. The second-order valence-corrected chi connectivity index (χ2v) is 5.81. The maximum absolute atomic E-state index is 12.1. The largest absolute Gasteiger partial charge is 0.352 e. The summed E-state index contributed by atoms with van der Waals surface area (Å²) in [6.07, 6.45) is 7.68. The van der Waals surface area contributed by atoms with E-state index in [-0.39, 0.29) is 37.3 Å². The predicted molar refractivity (Wildman–Crippen MR) is 73.8 cm³/mol. The molecule has 1 aliphatic carbocycles. The molecular weight excluding hydrogens is 288 g/mol. The summed E-state index contributed by atoms with van der Waals surface area (Å²) in [5, 5.41) is 0.519. The molecule has 3 amide bonds. The van der Waals surface area contributed by atoms with Crippen molar-refractivity contribution in [3.8, 4) is 0 Å². The van der Waals surface area contributed by atoms with E-state index in [4.69, 9.17) is 4.84 Å². The third kappa shape index (κ3) is 2.63. The third-order valence-electron chi connectivity index (χ3n) is 4.40. The molecule has 0 spiro atoms. The van der Waals surface area contributed by atoms with Gasteiger partial charge in [-0.15, -0.1) is 5.06 Å². The summed E-state index contributed by atoms with van der Waals surface area (Å²) in [6.45, 7) is -0.208. The van der Waals surface area contributed by atoms with Crippen molar-refractivity contribution >= 4 is 23.7 Å². The number of carbonyl (C=O) groups is 4. The Morgan fingerprint density at radius 1 is 1.09 bits per heavy atom. The van der Waals surface area contributed by atoms with Gasteiger partial charge in [-0.3, -0.25) is 14.4 Å². The van der Waals surface area contributed by atoms with E-state index in [1.807, 2.05) is 0 Å². The van der Waals surface area contributed by atoms with Crippen molar-refractivity contribution in [2.24, 2.45) is 5.92 Å². The average molecular weight is 306 g/mol. The highest BCUT2D eigenvalue weighted by Gasteiger charge is 2.47. The van der Waals surface area contributed by atoms with E-state index in [1.165, 1.54) is 4.90 Å². The van der Waals surface area contributed by atoms with Gasteiger partial charge in [-0.05, 0) is 25.7 Å². The van der Waals surface area contributed by atoms with Gasteiger partial charge in [0.2, 0.25) is 5.91 Å². The van der Waals surface area contributed by atoms with Crippen LogP contribution in [0.1, 0.15) is 38.5 Å². The Labute approximate surface area is 127 Å². The Bertz CT molecular complexity index is 540. The molecule has 2 unspecified atom stereocenters. The van der Waals surface area contributed by atoms with Crippen LogP contribution in [0.15, 0.2) is 12.2 Å². The maximum atomic E-state index is 12.1. The molecule has 0 saturated carbocycles. The topological polar surface area (TPSA) is 84.0 Å². The number of hydrogen-bond donors (Lipinski definition) is 0. The summed E-state index contributed by atoms with van der Waals surface area (Å²) < 4.78 is 0. The van der Waals surface area contributed by atoms with E-state index < -0.39 is 17.8 Å². The highest BCUT2D eigenvalue weighted by Crippen LogP contribution is 2.34. The molecule has 7 nitrogen and oxygen atoms in total. The molecule has 2 fully saturated rings. The Kier molecular flexibility index (Phi) is 3.96. The summed E-state index contributed by atoms with van der Waals surface area (Å²) in [5.74, 6) is -1.83. The predicted octanol–water partition coefficient (Wildman–Crippen LogP) is 0.551. The SMILES string of the molecule is O=C(CN1C(=O)C2CCC=CCCC21)ON1C(=O)CCC1=O. The monoisotopic (exact) mass is 306 g/mol. The van der Waals surface area contributed by atoms with Crippen LogP contribution in [0, 0.1) is 5.92 Å². The number of likely N-dealkylation sites (tertiary alicyclic amines) is 1. The summed E-state index contributed by atoms with van der Waals surface area (Å²) in [7, 11) is 0. The summed E-state index contributed by atoms with van der Waals surface area (Å²) >= 11 is 0.